The molecular weight excluding hydrogens is 569 g/mol. The van der Waals surface area contributed by atoms with Gasteiger partial charge >= 0.3 is 18.1 Å². The number of nitrogens with one attached hydrogen (secondary N) is 1. The van der Waals surface area contributed by atoms with Gasteiger partial charge in [0.05, 0.1) is 49.1 Å². The van der Waals surface area contributed by atoms with Crippen molar-refractivity contribution < 1.29 is 50.2 Å². The third kappa shape index (κ3) is 8.59. The summed E-state index contributed by atoms with van der Waals surface area (Å²) in [7, 11) is -3.38. The first-order valence-corrected chi connectivity index (χ1v) is 14.0. The first-order chi connectivity index (χ1) is 19.0. The Kier molecular flexibility index (Phi) is 9.57. The molecule has 10 nitrogen and oxygen atoms in total. The van der Waals surface area contributed by atoms with Gasteiger partial charge in [-0.1, -0.05) is 12.1 Å². The minimum Gasteiger partial charge on any atom is -0.486 e. The number of sulfonamides is 1. The molecule has 1 N–H and O–H groups in total. The lowest BCUT2D eigenvalue weighted by atomic mass is 10.1. The van der Waals surface area contributed by atoms with Crippen molar-refractivity contribution in [1.29, 1.82) is 0 Å². The van der Waals surface area contributed by atoms with Gasteiger partial charge in [-0.25, -0.2) is 8.42 Å². The van der Waals surface area contributed by atoms with E-state index in [-0.39, 0.29) is 37.2 Å². The van der Waals surface area contributed by atoms with Crippen LogP contribution in [-0.4, -0.2) is 58.2 Å². The summed E-state index contributed by atoms with van der Waals surface area (Å²) < 4.78 is 84.1. The Morgan fingerprint density at radius 3 is 2.41 bits per heavy atom. The number of nitrogens with zero attached hydrogens (tertiary/aromatic N) is 1. The molecule has 1 heterocycles. The van der Waals surface area contributed by atoms with Gasteiger partial charge in [-0.3, -0.25) is 18.7 Å². The number of anilines is 1. The summed E-state index contributed by atoms with van der Waals surface area (Å²) in [6, 6.07) is 7.65. The van der Waals surface area contributed by atoms with E-state index in [0.29, 0.717) is 11.6 Å². The molecule has 0 aromatic heterocycles. The van der Waals surface area contributed by atoms with Crippen molar-refractivity contribution in [2.24, 2.45) is 0 Å². The Hall–Kier alpha value is -3.81. The Morgan fingerprint density at radius 1 is 1.07 bits per heavy atom. The molecule has 0 unspecified atom stereocenters. The van der Waals surface area contributed by atoms with Crippen LogP contribution in [0.25, 0.3) is 0 Å². The maximum Gasteiger partial charge on any atom is 0.416 e. The molecule has 1 aliphatic rings. The van der Waals surface area contributed by atoms with Gasteiger partial charge in [0.1, 0.15) is 17.5 Å². The molecule has 0 bridgehead atoms. The average molecular weight is 601 g/mol. The molecule has 2 aromatic rings. The summed E-state index contributed by atoms with van der Waals surface area (Å²) in [5.74, 6) is -1.59. The number of carbonyl (C=O) groups is 3. The summed E-state index contributed by atoms with van der Waals surface area (Å²) in [4.78, 5) is 35.5. The number of amides is 1. The molecular formula is C27H31F3N2O8S. The Labute approximate surface area is 235 Å². The number of rotatable bonds is 9. The smallest absolute Gasteiger partial charge is 0.416 e. The largest absolute Gasteiger partial charge is 0.486 e. The lowest BCUT2D eigenvalue weighted by Gasteiger charge is -2.35. The highest BCUT2D eigenvalue weighted by molar-refractivity contribution is 7.92. The molecule has 14 heteroatoms. The standard InChI is InChI=1S/C27H31F3N2O8S/c1-26(2,3)40-25(35)13-17-8-9-22-21(12-17)32(16-19(39-22)15-23(33)31-11-10-24(34)38-4)41(36,37)20-7-5-6-18(14-20)27(28,29)30/h5-9,12,14,19H,10-11,13,15-16H2,1-4H3,(H,31,33)/t19-/m0/s1. The van der Waals surface area contributed by atoms with Crippen molar-refractivity contribution in [2.75, 3.05) is 24.5 Å². The predicted octanol–water partition coefficient (Wildman–Crippen LogP) is 3.62. The van der Waals surface area contributed by atoms with Gasteiger partial charge in [0.15, 0.2) is 0 Å². The van der Waals surface area contributed by atoms with Crippen LogP contribution in [-0.2, 0) is 46.5 Å². The highest BCUT2D eigenvalue weighted by Crippen LogP contribution is 2.39. The van der Waals surface area contributed by atoms with E-state index >= 15 is 0 Å². The second kappa shape index (κ2) is 12.4. The van der Waals surface area contributed by atoms with Crippen molar-refractivity contribution in [1.82, 2.24) is 5.32 Å². The summed E-state index contributed by atoms with van der Waals surface area (Å²) >= 11 is 0. The number of ether oxygens (including phenoxy) is 3. The van der Waals surface area contributed by atoms with Crippen molar-refractivity contribution in [3.8, 4) is 5.75 Å². The van der Waals surface area contributed by atoms with Crippen molar-refractivity contribution in [3.63, 3.8) is 0 Å². The monoisotopic (exact) mass is 600 g/mol. The summed E-state index contributed by atoms with van der Waals surface area (Å²) in [5.41, 5.74) is -1.53. The number of halogens is 3. The second-order valence-electron chi connectivity index (χ2n) is 10.2. The normalized spacial score (nSPS) is 15.4. The van der Waals surface area contributed by atoms with Gasteiger partial charge in [-0.2, -0.15) is 13.2 Å². The zero-order valence-electron chi connectivity index (χ0n) is 22.9. The fraction of sp³-hybridized carbons (Fsp3) is 0.444. The van der Waals surface area contributed by atoms with Crippen molar-refractivity contribution in [2.45, 2.75) is 62.8 Å². The number of fused-ring (bicyclic) bond motifs is 1. The third-order valence-corrected chi connectivity index (χ3v) is 7.54. The predicted molar refractivity (Wildman–Crippen MR) is 141 cm³/mol. The first kappa shape index (κ1) is 31.7. The van der Waals surface area contributed by atoms with E-state index in [4.69, 9.17) is 9.47 Å². The molecule has 0 aliphatic carbocycles. The highest BCUT2D eigenvalue weighted by Gasteiger charge is 2.38. The fourth-order valence-corrected chi connectivity index (χ4v) is 5.54. The van der Waals surface area contributed by atoms with E-state index in [2.05, 4.69) is 10.1 Å². The van der Waals surface area contributed by atoms with E-state index in [1.165, 1.54) is 25.3 Å². The van der Waals surface area contributed by atoms with Gasteiger partial charge < -0.3 is 19.5 Å². The van der Waals surface area contributed by atoms with Gasteiger partial charge in [0.2, 0.25) is 5.91 Å². The minimum absolute atomic E-state index is 0.00850. The molecule has 1 atom stereocenters. The molecule has 224 valence electrons. The summed E-state index contributed by atoms with van der Waals surface area (Å²) in [6.45, 7) is 4.66. The first-order valence-electron chi connectivity index (χ1n) is 12.5. The van der Waals surface area contributed by atoms with E-state index in [9.17, 15) is 36.0 Å². The van der Waals surface area contributed by atoms with Gasteiger partial charge in [0, 0.05) is 6.54 Å². The number of benzene rings is 2. The number of hydrogen-bond acceptors (Lipinski definition) is 8. The molecule has 0 spiro atoms. The highest BCUT2D eigenvalue weighted by atomic mass is 32.2. The summed E-state index contributed by atoms with van der Waals surface area (Å²) in [5, 5.41) is 2.51. The van der Waals surface area contributed by atoms with Crippen LogP contribution in [0.1, 0.15) is 44.7 Å². The molecule has 1 aliphatic heterocycles. The van der Waals surface area contributed by atoms with E-state index in [0.717, 1.165) is 22.5 Å². The number of esters is 2. The quantitative estimate of drug-likeness (QED) is 0.433. The van der Waals surface area contributed by atoms with Crippen LogP contribution in [0.15, 0.2) is 47.4 Å². The van der Waals surface area contributed by atoms with Crippen LogP contribution < -0.4 is 14.4 Å². The van der Waals surface area contributed by atoms with Crippen molar-refractivity contribution >= 4 is 33.6 Å². The zero-order valence-corrected chi connectivity index (χ0v) is 23.7. The van der Waals surface area contributed by atoms with Crippen LogP contribution in [0.4, 0.5) is 18.9 Å². The Bertz CT molecular complexity index is 1400. The van der Waals surface area contributed by atoms with Crippen LogP contribution in [0, 0.1) is 0 Å². The molecule has 1 amide bonds. The topological polar surface area (TPSA) is 128 Å². The summed E-state index contributed by atoms with van der Waals surface area (Å²) in [6.07, 6.45) is -6.38. The molecule has 0 saturated carbocycles. The maximum atomic E-state index is 13.7. The molecule has 0 fully saturated rings. The van der Waals surface area contributed by atoms with E-state index in [1.54, 1.807) is 20.8 Å². The average Bonchev–Trinajstić information content (AvgIpc) is 2.86. The number of carbonyl (C=O) groups excluding carboxylic acids is 3. The second-order valence-corrected chi connectivity index (χ2v) is 12.1. The SMILES string of the molecule is COC(=O)CCNC(=O)C[C@H]1CN(S(=O)(=O)c2cccc(C(F)(F)F)c2)c2cc(CC(=O)OC(C)(C)C)ccc2O1. The van der Waals surface area contributed by atoms with Crippen LogP contribution in [0.3, 0.4) is 0 Å². The molecule has 3 rings (SSSR count). The van der Waals surface area contributed by atoms with Crippen LogP contribution in [0.5, 0.6) is 5.75 Å². The van der Waals surface area contributed by atoms with Gasteiger partial charge in [-0.05, 0) is 56.7 Å². The molecule has 41 heavy (non-hydrogen) atoms. The minimum atomic E-state index is -4.78. The molecule has 0 radical (unpaired) electrons. The van der Waals surface area contributed by atoms with Crippen LogP contribution in [0.2, 0.25) is 0 Å². The number of hydrogen-bond donors (Lipinski definition) is 1. The van der Waals surface area contributed by atoms with E-state index < -0.39 is 62.8 Å². The van der Waals surface area contributed by atoms with Gasteiger partial charge in [-0.15, -0.1) is 0 Å². The maximum absolute atomic E-state index is 13.7. The lowest BCUT2D eigenvalue weighted by molar-refractivity contribution is -0.154. The number of alkyl halides is 3. The molecule has 2 aromatic carbocycles. The lowest BCUT2D eigenvalue weighted by Crippen LogP contribution is -2.45. The van der Waals surface area contributed by atoms with Crippen molar-refractivity contribution in [3.05, 3.63) is 53.6 Å². The van der Waals surface area contributed by atoms with E-state index in [1.807, 2.05) is 0 Å². The number of methoxy groups -OCH3 is 1. The van der Waals surface area contributed by atoms with Gasteiger partial charge in [0.25, 0.3) is 10.0 Å². The fourth-order valence-electron chi connectivity index (χ4n) is 3.99. The Morgan fingerprint density at radius 2 is 1.78 bits per heavy atom. The molecule has 0 saturated heterocycles. The third-order valence-electron chi connectivity index (χ3n) is 5.77. The zero-order chi connectivity index (χ0) is 30.6. The Balaban J connectivity index is 1.95. The van der Waals surface area contributed by atoms with Crippen LogP contribution >= 0.6 is 0 Å².